The Morgan fingerprint density at radius 2 is 2.24 bits per heavy atom. The zero-order valence-corrected chi connectivity index (χ0v) is 17.2. The Morgan fingerprint density at radius 3 is 2.92 bits per heavy atom. The van der Waals surface area contributed by atoms with Crippen LogP contribution in [-0.4, -0.2) is 35.0 Å². The number of benzene rings is 1. The Bertz CT molecular complexity index is 818. The van der Waals surface area contributed by atoms with Gasteiger partial charge < -0.3 is 10.2 Å². The Morgan fingerprint density at radius 1 is 1.52 bits per heavy atom. The van der Waals surface area contributed by atoms with Crippen LogP contribution in [0.15, 0.2) is 40.8 Å². The molecule has 0 bridgehead atoms. The summed E-state index contributed by atoms with van der Waals surface area (Å²) in [6.45, 7) is 6.69. The number of anilines is 1. The van der Waals surface area contributed by atoms with Crippen LogP contribution in [0.3, 0.4) is 0 Å². The van der Waals surface area contributed by atoms with Gasteiger partial charge in [0.05, 0.1) is 17.8 Å². The van der Waals surface area contributed by atoms with Crippen molar-refractivity contribution in [2.75, 3.05) is 24.7 Å². The van der Waals surface area contributed by atoms with E-state index in [0.717, 1.165) is 20.6 Å². The summed E-state index contributed by atoms with van der Waals surface area (Å²) >= 11 is 14.5. The van der Waals surface area contributed by atoms with Gasteiger partial charge in [0.25, 0.3) is 5.91 Å². The average Bonchev–Trinajstić information content (AvgIpc) is 2.87. The first kappa shape index (κ1) is 20.1. The Balaban J connectivity index is 1.90. The Hall–Kier alpha value is -1.19. The van der Waals surface area contributed by atoms with Gasteiger partial charge >= 0.3 is 0 Å². The summed E-state index contributed by atoms with van der Waals surface area (Å²) < 4.78 is 3.38. The third-order valence-corrected chi connectivity index (χ3v) is 6.06. The van der Waals surface area contributed by atoms with Crippen LogP contribution in [0.1, 0.15) is 6.92 Å². The van der Waals surface area contributed by atoms with Crippen LogP contribution in [0, 0.1) is 3.95 Å². The number of nitrogens with one attached hydrogen (secondary N) is 2. The van der Waals surface area contributed by atoms with Gasteiger partial charge in [-0.3, -0.25) is 4.79 Å². The predicted molar refractivity (Wildman–Crippen MR) is 108 cm³/mol. The van der Waals surface area contributed by atoms with E-state index in [-0.39, 0.29) is 5.91 Å². The van der Waals surface area contributed by atoms with Crippen LogP contribution < -0.4 is 10.2 Å². The molecule has 134 valence electrons. The van der Waals surface area contributed by atoms with Gasteiger partial charge in [-0.25, -0.2) is 0 Å². The number of amides is 1. The molecular weight excluding hydrogens is 396 g/mol. The number of hydrogen-bond acceptors (Lipinski definition) is 5. The van der Waals surface area contributed by atoms with Crippen molar-refractivity contribution in [3.8, 4) is 0 Å². The maximum Gasteiger partial charge on any atom is 0.279 e. The molecule has 1 heterocycles. The van der Waals surface area contributed by atoms with Crippen LogP contribution in [0.2, 0.25) is 5.02 Å². The highest BCUT2D eigenvalue weighted by Gasteiger charge is 2.14. The summed E-state index contributed by atoms with van der Waals surface area (Å²) in [5.74, 6) is 0.717. The van der Waals surface area contributed by atoms with E-state index < -0.39 is 0 Å². The van der Waals surface area contributed by atoms with E-state index in [9.17, 15) is 4.79 Å². The van der Waals surface area contributed by atoms with E-state index in [2.05, 4.69) is 17.0 Å². The van der Waals surface area contributed by atoms with Gasteiger partial charge in [-0.05, 0) is 31.3 Å². The third-order valence-electron chi connectivity index (χ3n) is 3.06. The van der Waals surface area contributed by atoms with E-state index >= 15 is 0 Å². The first-order valence-electron chi connectivity index (χ1n) is 7.56. The standard InChI is InChI=1S/C16H19ClN4OS3/c1-11(2)9-24-15-19-21(16(23)25-15)10-20(3)8-14(22)18-13-7-5-4-6-12(13)17/h4-7H,1,8-10H2,2-3H3,(H,18,22)/p+1. The van der Waals surface area contributed by atoms with E-state index in [1.165, 1.54) is 11.3 Å². The fourth-order valence-electron chi connectivity index (χ4n) is 1.97. The number of carbonyl (C=O) groups excluding carboxylic acids is 1. The highest BCUT2D eigenvalue weighted by atomic mass is 35.5. The molecule has 1 aromatic heterocycles. The molecule has 0 saturated carbocycles. The van der Waals surface area contributed by atoms with Crippen molar-refractivity contribution in [3.05, 3.63) is 45.4 Å². The van der Waals surface area contributed by atoms with E-state index in [4.69, 9.17) is 23.8 Å². The smallest absolute Gasteiger partial charge is 0.279 e. The van der Waals surface area contributed by atoms with Gasteiger partial charge in [-0.1, -0.05) is 59.0 Å². The molecule has 1 unspecified atom stereocenters. The number of para-hydroxylation sites is 1. The highest BCUT2D eigenvalue weighted by molar-refractivity contribution is 8.01. The summed E-state index contributed by atoms with van der Waals surface area (Å²) in [7, 11) is 1.92. The number of nitrogens with zero attached hydrogens (tertiary/aromatic N) is 2. The molecule has 25 heavy (non-hydrogen) atoms. The van der Waals surface area contributed by atoms with Crippen molar-refractivity contribution < 1.29 is 9.69 Å². The molecule has 2 rings (SSSR count). The van der Waals surface area contributed by atoms with Gasteiger partial charge in [-0.2, -0.15) is 4.68 Å². The number of thioether (sulfide) groups is 1. The second-order valence-corrected chi connectivity index (χ2v) is 8.95. The van der Waals surface area contributed by atoms with Crippen LogP contribution in [0.25, 0.3) is 0 Å². The van der Waals surface area contributed by atoms with Crippen molar-refractivity contribution in [2.24, 2.45) is 0 Å². The minimum atomic E-state index is -0.107. The van der Waals surface area contributed by atoms with Gasteiger partial charge in [0, 0.05) is 5.75 Å². The monoisotopic (exact) mass is 415 g/mol. The molecule has 0 saturated heterocycles. The van der Waals surface area contributed by atoms with Crippen LogP contribution in [-0.2, 0) is 11.5 Å². The lowest BCUT2D eigenvalue weighted by atomic mass is 10.3. The third kappa shape index (κ3) is 6.56. The van der Waals surface area contributed by atoms with E-state index in [1.807, 2.05) is 26.1 Å². The lowest BCUT2D eigenvalue weighted by Crippen LogP contribution is -3.09. The van der Waals surface area contributed by atoms with Crippen molar-refractivity contribution in [3.63, 3.8) is 0 Å². The Labute approximate surface area is 165 Å². The number of likely N-dealkylation sites (N-methyl/N-ethyl adjacent to an activating group) is 1. The van der Waals surface area contributed by atoms with E-state index in [1.54, 1.807) is 28.6 Å². The number of halogens is 1. The molecule has 1 aromatic carbocycles. The average molecular weight is 416 g/mol. The molecule has 0 aliphatic rings. The number of rotatable bonds is 8. The molecule has 1 atom stereocenters. The molecule has 0 aliphatic heterocycles. The number of hydrogen-bond donors (Lipinski definition) is 2. The minimum Gasteiger partial charge on any atom is -0.320 e. The molecule has 0 fully saturated rings. The van der Waals surface area contributed by atoms with E-state index in [0.29, 0.717) is 27.9 Å². The van der Waals surface area contributed by atoms with Gasteiger partial charge in [0.2, 0.25) is 0 Å². The van der Waals surface area contributed by atoms with Crippen molar-refractivity contribution in [1.82, 2.24) is 9.78 Å². The lowest BCUT2D eigenvalue weighted by molar-refractivity contribution is -0.895. The molecule has 0 aliphatic carbocycles. The zero-order chi connectivity index (χ0) is 18.4. The molecule has 5 nitrogen and oxygen atoms in total. The molecule has 0 radical (unpaired) electrons. The summed E-state index contributed by atoms with van der Waals surface area (Å²) in [5.41, 5.74) is 1.71. The normalized spacial score (nSPS) is 12.0. The summed E-state index contributed by atoms with van der Waals surface area (Å²) in [5, 5.41) is 7.85. The maximum atomic E-state index is 12.2. The topological polar surface area (TPSA) is 51.4 Å². The molecule has 9 heteroatoms. The molecular formula is C16H20ClN4OS3+. The first-order chi connectivity index (χ1) is 11.8. The summed E-state index contributed by atoms with van der Waals surface area (Å²) in [6.07, 6.45) is 0. The maximum absolute atomic E-state index is 12.2. The highest BCUT2D eigenvalue weighted by Crippen LogP contribution is 2.23. The largest absolute Gasteiger partial charge is 0.320 e. The lowest BCUT2D eigenvalue weighted by Gasteiger charge is -2.14. The zero-order valence-electron chi connectivity index (χ0n) is 14.0. The molecule has 2 aromatic rings. The van der Waals surface area contributed by atoms with Crippen molar-refractivity contribution >= 4 is 58.5 Å². The molecule has 1 amide bonds. The van der Waals surface area contributed by atoms with Crippen molar-refractivity contribution in [1.29, 1.82) is 0 Å². The van der Waals surface area contributed by atoms with Crippen LogP contribution in [0.5, 0.6) is 0 Å². The first-order valence-corrected chi connectivity index (χ1v) is 10.1. The molecule has 0 spiro atoms. The fourth-order valence-corrected chi connectivity index (χ4v) is 4.33. The second-order valence-electron chi connectivity index (χ2n) is 5.70. The second kappa shape index (κ2) is 9.49. The van der Waals surface area contributed by atoms with Crippen LogP contribution >= 0.6 is 46.9 Å². The number of quaternary nitrogens is 1. The molecule has 2 N–H and O–H groups in total. The SMILES string of the molecule is C=C(C)CSc1nn(C[NH+](C)CC(=O)Nc2ccccc2Cl)c(=S)s1. The fraction of sp³-hybridized carbons (Fsp3) is 0.312. The quantitative estimate of drug-likeness (QED) is 0.395. The van der Waals surface area contributed by atoms with Gasteiger partial charge in [0.15, 0.2) is 21.5 Å². The summed E-state index contributed by atoms with van der Waals surface area (Å²) in [6, 6.07) is 7.17. The van der Waals surface area contributed by atoms with Gasteiger partial charge in [-0.15, -0.1) is 5.10 Å². The van der Waals surface area contributed by atoms with Crippen molar-refractivity contribution in [2.45, 2.75) is 17.9 Å². The summed E-state index contributed by atoms with van der Waals surface area (Å²) in [4.78, 5) is 13.1. The minimum absolute atomic E-state index is 0.107. The number of carbonyl (C=O) groups is 1. The van der Waals surface area contributed by atoms with Gasteiger partial charge in [0.1, 0.15) is 0 Å². The van der Waals surface area contributed by atoms with Crippen LogP contribution in [0.4, 0.5) is 5.69 Å². The number of aromatic nitrogens is 2. The predicted octanol–water partition coefficient (Wildman–Crippen LogP) is 3.11. The Kier molecular flexibility index (Phi) is 7.64.